The van der Waals surface area contributed by atoms with Crippen molar-refractivity contribution in [3.05, 3.63) is 35.5 Å². The Morgan fingerprint density at radius 3 is 2.60 bits per heavy atom. The van der Waals surface area contributed by atoms with Crippen molar-refractivity contribution in [2.45, 2.75) is 6.18 Å². The van der Waals surface area contributed by atoms with Gasteiger partial charge in [0.2, 0.25) is 0 Å². The zero-order chi connectivity index (χ0) is 11.1. The maximum atomic E-state index is 12.5. The quantitative estimate of drug-likeness (QED) is 0.713. The summed E-state index contributed by atoms with van der Waals surface area (Å²) in [6.45, 7) is 0. The van der Waals surface area contributed by atoms with Gasteiger partial charge in [-0.25, -0.2) is 0 Å². The van der Waals surface area contributed by atoms with E-state index in [0.717, 1.165) is 6.07 Å². The Morgan fingerprint density at radius 2 is 2.00 bits per heavy atom. The van der Waals surface area contributed by atoms with Crippen LogP contribution in [0.25, 0.3) is 10.9 Å². The van der Waals surface area contributed by atoms with E-state index < -0.39 is 11.7 Å². The van der Waals surface area contributed by atoms with Gasteiger partial charge in [0.1, 0.15) is 6.07 Å². The molecule has 1 aromatic heterocycles. The Kier molecular flexibility index (Phi) is 1.93. The summed E-state index contributed by atoms with van der Waals surface area (Å²) in [5, 5.41) is 8.97. The number of rotatable bonds is 0. The summed E-state index contributed by atoms with van der Waals surface area (Å²) in [4.78, 5) is 2.47. The van der Waals surface area contributed by atoms with E-state index >= 15 is 0 Å². The molecule has 0 aliphatic carbocycles. The largest absolute Gasteiger partial charge is 0.418 e. The number of nitrogens with zero attached hydrogens (tertiary/aromatic N) is 1. The number of benzene rings is 1. The number of nitriles is 1. The number of hydrogen-bond donors (Lipinski definition) is 1. The van der Waals surface area contributed by atoms with Crippen molar-refractivity contribution in [2.24, 2.45) is 0 Å². The first-order valence-electron chi connectivity index (χ1n) is 4.11. The maximum absolute atomic E-state index is 12.5. The standard InChI is InChI=1S/C10H5F3N2/c11-10(12,13)8-3-1-2-7-6(4-14)5-15-9(7)8/h1-3,5,15H. The Labute approximate surface area is 82.9 Å². The summed E-state index contributed by atoms with van der Waals surface area (Å²) in [7, 11) is 0. The van der Waals surface area contributed by atoms with Crippen LogP contribution in [0.5, 0.6) is 0 Å². The molecule has 1 aromatic carbocycles. The summed E-state index contributed by atoms with van der Waals surface area (Å²) < 4.78 is 37.6. The molecule has 0 bridgehead atoms. The van der Waals surface area contributed by atoms with Crippen LogP contribution in [0, 0.1) is 11.3 Å². The van der Waals surface area contributed by atoms with E-state index in [0.29, 0.717) is 5.39 Å². The van der Waals surface area contributed by atoms with Crippen molar-refractivity contribution in [3.63, 3.8) is 0 Å². The van der Waals surface area contributed by atoms with Crippen molar-refractivity contribution in [1.29, 1.82) is 5.26 Å². The minimum absolute atomic E-state index is 0.0402. The minimum Gasteiger partial charge on any atom is -0.359 e. The molecule has 1 N–H and O–H groups in total. The molecule has 0 aliphatic heterocycles. The third kappa shape index (κ3) is 1.44. The molecular weight excluding hydrogens is 205 g/mol. The van der Waals surface area contributed by atoms with Crippen LogP contribution in [-0.2, 0) is 6.18 Å². The number of para-hydroxylation sites is 1. The second-order valence-electron chi connectivity index (χ2n) is 3.04. The molecule has 15 heavy (non-hydrogen) atoms. The number of aromatic amines is 1. The Hall–Kier alpha value is -1.96. The predicted octanol–water partition coefficient (Wildman–Crippen LogP) is 3.06. The smallest absolute Gasteiger partial charge is 0.359 e. The van der Waals surface area contributed by atoms with Crippen LogP contribution in [0.2, 0.25) is 0 Å². The number of nitrogens with one attached hydrogen (secondary N) is 1. The SMILES string of the molecule is N#Cc1c[nH]c2c(C(F)(F)F)cccc12. The van der Waals surface area contributed by atoms with Gasteiger partial charge < -0.3 is 4.98 Å². The highest BCUT2D eigenvalue weighted by Gasteiger charge is 2.33. The second kappa shape index (κ2) is 3.02. The van der Waals surface area contributed by atoms with Gasteiger partial charge in [-0.15, -0.1) is 0 Å². The molecule has 2 nitrogen and oxygen atoms in total. The van der Waals surface area contributed by atoms with Crippen LogP contribution in [0.1, 0.15) is 11.1 Å². The van der Waals surface area contributed by atoms with Crippen LogP contribution in [0.15, 0.2) is 24.4 Å². The Balaban J connectivity index is 2.80. The van der Waals surface area contributed by atoms with E-state index in [1.165, 1.54) is 18.3 Å². The number of fused-ring (bicyclic) bond motifs is 1. The molecule has 0 saturated heterocycles. The minimum atomic E-state index is -4.41. The number of halogens is 3. The molecule has 1 heterocycles. The number of hydrogen-bond acceptors (Lipinski definition) is 1. The van der Waals surface area contributed by atoms with Crippen LogP contribution in [0.4, 0.5) is 13.2 Å². The van der Waals surface area contributed by atoms with E-state index in [1.807, 2.05) is 6.07 Å². The third-order valence-electron chi connectivity index (χ3n) is 2.14. The fourth-order valence-corrected chi connectivity index (χ4v) is 1.48. The number of alkyl halides is 3. The summed E-state index contributed by atoms with van der Waals surface area (Å²) in [6.07, 6.45) is -3.13. The monoisotopic (exact) mass is 210 g/mol. The Bertz CT molecular complexity index is 546. The van der Waals surface area contributed by atoms with Gasteiger partial charge in [0, 0.05) is 11.6 Å². The first-order chi connectivity index (χ1) is 7.04. The number of aromatic nitrogens is 1. The maximum Gasteiger partial charge on any atom is 0.418 e. The van der Waals surface area contributed by atoms with Crippen molar-refractivity contribution in [3.8, 4) is 6.07 Å². The molecular formula is C10H5F3N2. The lowest BCUT2D eigenvalue weighted by atomic mass is 10.1. The highest BCUT2D eigenvalue weighted by Crippen LogP contribution is 2.34. The highest BCUT2D eigenvalue weighted by molar-refractivity contribution is 5.88. The summed E-state index contributed by atoms with van der Waals surface area (Å²) in [5.74, 6) is 0. The van der Waals surface area contributed by atoms with Crippen LogP contribution in [0.3, 0.4) is 0 Å². The van der Waals surface area contributed by atoms with Crippen molar-refractivity contribution >= 4 is 10.9 Å². The average molecular weight is 210 g/mol. The molecule has 0 aliphatic rings. The lowest BCUT2D eigenvalue weighted by Gasteiger charge is -2.07. The van der Waals surface area contributed by atoms with E-state index in [2.05, 4.69) is 4.98 Å². The lowest BCUT2D eigenvalue weighted by Crippen LogP contribution is -2.05. The zero-order valence-corrected chi connectivity index (χ0v) is 7.39. The van der Waals surface area contributed by atoms with Crippen molar-refractivity contribution in [1.82, 2.24) is 4.98 Å². The fraction of sp³-hybridized carbons (Fsp3) is 0.100. The second-order valence-corrected chi connectivity index (χ2v) is 3.04. The van der Waals surface area contributed by atoms with Gasteiger partial charge in [0.15, 0.2) is 0 Å². The van der Waals surface area contributed by atoms with E-state index in [4.69, 9.17) is 5.26 Å². The molecule has 2 aromatic rings. The molecule has 0 fully saturated rings. The molecule has 0 radical (unpaired) electrons. The summed E-state index contributed by atoms with van der Waals surface area (Å²) in [6, 6.07) is 5.59. The van der Waals surface area contributed by atoms with Crippen LogP contribution >= 0.6 is 0 Å². The van der Waals surface area contributed by atoms with Gasteiger partial charge in [-0.2, -0.15) is 18.4 Å². The molecule has 0 spiro atoms. The van der Waals surface area contributed by atoms with Gasteiger partial charge in [-0.1, -0.05) is 12.1 Å². The third-order valence-corrected chi connectivity index (χ3v) is 2.14. The molecule has 0 atom stereocenters. The number of H-pyrrole nitrogens is 1. The van der Waals surface area contributed by atoms with Crippen LogP contribution < -0.4 is 0 Å². The predicted molar refractivity (Wildman–Crippen MR) is 48.0 cm³/mol. The molecule has 2 rings (SSSR count). The molecule has 76 valence electrons. The van der Waals surface area contributed by atoms with Crippen molar-refractivity contribution in [2.75, 3.05) is 0 Å². The summed E-state index contributed by atoms with van der Waals surface area (Å²) in [5.41, 5.74) is -0.570. The molecule has 5 heteroatoms. The van der Waals surface area contributed by atoms with E-state index in [-0.39, 0.29) is 11.1 Å². The first-order valence-corrected chi connectivity index (χ1v) is 4.11. The highest BCUT2D eigenvalue weighted by atomic mass is 19.4. The first kappa shape index (κ1) is 9.59. The van der Waals surface area contributed by atoms with E-state index in [9.17, 15) is 13.2 Å². The zero-order valence-electron chi connectivity index (χ0n) is 7.39. The van der Waals surface area contributed by atoms with Crippen LogP contribution in [-0.4, -0.2) is 4.98 Å². The molecule has 0 saturated carbocycles. The van der Waals surface area contributed by atoms with Gasteiger partial charge in [0.25, 0.3) is 0 Å². The van der Waals surface area contributed by atoms with Gasteiger partial charge >= 0.3 is 6.18 Å². The molecule has 0 amide bonds. The van der Waals surface area contributed by atoms with Gasteiger partial charge in [-0.05, 0) is 6.07 Å². The van der Waals surface area contributed by atoms with E-state index in [1.54, 1.807) is 0 Å². The fourth-order valence-electron chi connectivity index (χ4n) is 1.48. The Morgan fingerprint density at radius 1 is 1.27 bits per heavy atom. The van der Waals surface area contributed by atoms with Crippen molar-refractivity contribution < 1.29 is 13.2 Å². The topological polar surface area (TPSA) is 39.6 Å². The van der Waals surface area contributed by atoms with Gasteiger partial charge in [-0.3, -0.25) is 0 Å². The normalized spacial score (nSPS) is 11.6. The molecule has 0 unspecified atom stereocenters. The lowest BCUT2D eigenvalue weighted by molar-refractivity contribution is -0.136. The van der Waals surface area contributed by atoms with Gasteiger partial charge in [0.05, 0.1) is 16.6 Å². The average Bonchev–Trinajstić information content (AvgIpc) is 2.58. The summed E-state index contributed by atoms with van der Waals surface area (Å²) >= 11 is 0.